The van der Waals surface area contributed by atoms with Gasteiger partial charge in [-0.25, -0.2) is 0 Å². The highest BCUT2D eigenvalue weighted by molar-refractivity contribution is 7.99. The number of hydrogen-bond acceptors (Lipinski definition) is 6. The number of methoxy groups -OCH3 is 1. The van der Waals surface area contributed by atoms with Crippen molar-refractivity contribution in [3.8, 4) is 5.75 Å². The number of amides is 1. The molecule has 140 valence electrons. The summed E-state index contributed by atoms with van der Waals surface area (Å²) >= 11 is 1.40. The molecule has 26 heavy (non-hydrogen) atoms. The zero-order chi connectivity index (χ0) is 18.4. The Morgan fingerprint density at radius 3 is 2.85 bits per heavy atom. The summed E-state index contributed by atoms with van der Waals surface area (Å²) in [5.41, 5.74) is 0.742. The minimum Gasteiger partial charge on any atom is -0.497 e. The predicted molar refractivity (Wildman–Crippen MR) is 101 cm³/mol. The lowest BCUT2D eigenvalue weighted by molar-refractivity contribution is -0.113. The molecular weight excluding hydrogens is 352 g/mol. The molecule has 1 N–H and O–H groups in total. The first kappa shape index (κ1) is 18.7. The lowest BCUT2D eigenvalue weighted by atomic mass is 10.2. The Morgan fingerprint density at radius 1 is 1.38 bits per heavy atom. The van der Waals surface area contributed by atoms with Gasteiger partial charge in [-0.2, -0.15) is 0 Å². The molecule has 2 aromatic rings. The number of anilines is 1. The van der Waals surface area contributed by atoms with Gasteiger partial charge >= 0.3 is 0 Å². The lowest BCUT2D eigenvalue weighted by Crippen LogP contribution is -2.19. The quantitative estimate of drug-likeness (QED) is 0.714. The molecular formula is C18H24N4O3S. The molecule has 1 aromatic carbocycles. The van der Waals surface area contributed by atoms with Gasteiger partial charge in [-0.3, -0.25) is 4.79 Å². The van der Waals surface area contributed by atoms with Crippen LogP contribution in [0.4, 0.5) is 5.69 Å². The summed E-state index contributed by atoms with van der Waals surface area (Å²) in [4.78, 5) is 12.2. The van der Waals surface area contributed by atoms with Crippen molar-refractivity contribution in [3.05, 3.63) is 30.1 Å². The van der Waals surface area contributed by atoms with Crippen LogP contribution in [0.3, 0.4) is 0 Å². The average Bonchev–Trinajstić information content (AvgIpc) is 3.31. The third kappa shape index (κ3) is 4.76. The Balaban J connectivity index is 1.57. The van der Waals surface area contributed by atoms with Crippen LogP contribution in [-0.2, 0) is 22.5 Å². The highest BCUT2D eigenvalue weighted by Gasteiger charge is 2.20. The SMILES string of the molecule is CCc1nnc(SCC(=O)Nc2ccc(OC)cc2)n1CC1CCCO1. The molecule has 8 heteroatoms. The van der Waals surface area contributed by atoms with Gasteiger partial charge in [0.05, 0.1) is 25.5 Å². The normalized spacial score (nSPS) is 16.6. The molecule has 1 atom stereocenters. The van der Waals surface area contributed by atoms with E-state index in [4.69, 9.17) is 9.47 Å². The molecule has 7 nitrogen and oxygen atoms in total. The largest absolute Gasteiger partial charge is 0.497 e. The monoisotopic (exact) mass is 376 g/mol. The number of carbonyl (C=O) groups excluding carboxylic acids is 1. The molecule has 1 aromatic heterocycles. The fraction of sp³-hybridized carbons (Fsp3) is 0.500. The van der Waals surface area contributed by atoms with E-state index in [0.717, 1.165) is 54.8 Å². The molecule has 0 saturated carbocycles. The van der Waals surface area contributed by atoms with Crippen LogP contribution >= 0.6 is 11.8 Å². The molecule has 0 spiro atoms. The highest BCUT2D eigenvalue weighted by Crippen LogP contribution is 2.22. The first-order valence-corrected chi connectivity index (χ1v) is 9.78. The van der Waals surface area contributed by atoms with Crippen LogP contribution in [-0.4, -0.2) is 46.2 Å². The highest BCUT2D eigenvalue weighted by atomic mass is 32.2. The molecule has 0 bridgehead atoms. The van der Waals surface area contributed by atoms with Gasteiger partial charge in [0.25, 0.3) is 0 Å². The number of nitrogens with zero attached hydrogens (tertiary/aromatic N) is 3. The Labute approximate surface area is 157 Å². The second kappa shape index (κ2) is 9.05. The predicted octanol–water partition coefficient (Wildman–Crippen LogP) is 2.76. The van der Waals surface area contributed by atoms with Crippen molar-refractivity contribution in [1.29, 1.82) is 0 Å². The third-order valence-electron chi connectivity index (χ3n) is 4.23. The Hall–Kier alpha value is -2.06. The maximum atomic E-state index is 12.2. The summed E-state index contributed by atoms with van der Waals surface area (Å²) in [6.07, 6.45) is 3.17. The van der Waals surface area contributed by atoms with Crippen LogP contribution in [0.1, 0.15) is 25.6 Å². The van der Waals surface area contributed by atoms with E-state index in [-0.39, 0.29) is 17.8 Å². The molecule has 1 amide bonds. The minimum atomic E-state index is -0.0788. The maximum Gasteiger partial charge on any atom is 0.234 e. The van der Waals surface area contributed by atoms with Gasteiger partial charge in [0.1, 0.15) is 11.6 Å². The van der Waals surface area contributed by atoms with E-state index in [1.165, 1.54) is 11.8 Å². The zero-order valence-electron chi connectivity index (χ0n) is 15.1. The molecule has 3 rings (SSSR count). The van der Waals surface area contributed by atoms with Crippen LogP contribution in [0.2, 0.25) is 0 Å². The molecule has 1 aliphatic heterocycles. The topological polar surface area (TPSA) is 78.3 Å². The zero-order valence-corrected chi connectivity index (χ0v) is 15.9. The van der Waals surface area contributed by atoms with Crippen LogP contribution in [0, 0.1) is 0 Å². The molecule has 1 saturated heterocycles. The van der Waals surface area contributed by atoms with Crippen molar-refractivity contribution < 1.29 is 14.3 Å². The second-order valence-corrected chi connectivity index (χ2v) is 7.01. The number of ether oxygens (including phenoxy) is 2. The summed E-state index contributed by atoms with van der Waals surface area (Å²) in [7, 11) is 1.61. The first-order chi connectivity index (χ1) is 12.7. The van der Waals surface area contributed by atoms with E-state index in [9.17, 15) is 4.79 Å². The van der Waals surface area contributed by atoms with Crippen molar-refractivity contribution >= 4 is 23.4 Å². The molecule has 1 aliphatic rings. The van der Waals surface area contributed by atoms with Crippen LogP contribution < -0.4 is 10.1 Å². The van der Waals surface area contributed by atoms with Gasteiger partial charge < -0.3 is 19.4 Å². The van der Waals surface area contributed by atoms with E-state index in [1.54, 1.807) is 7.11 Å². The Kier molecular flexibility index (Phi) is 6.51. The van der Waals surface area contributed by atoms with E-state index in [1.807, 2.05) is 24.3 Å². The second-order valence-electron chi connectivity index (χ2n) is 6.06. The lowest BCUT2D eigenvalue weighted by Gasteiger charge is -2.14. The van der Waals surface area contributed by atoms with Crippen LogP contribution in [0.5, 0.6) is 5.75 Å². The average molecular weight is 376 g/mol. The number of hydrogen-bond donors (Lipinski definition) is 1. The number of aryl methyl sites for hydroxylation is 1. The number of benzene rings is 1. The Bertz CT molecular complexity index is 727. The Morgan fingerprint density at radius 2 is 2.19 bits per heavy atom. The molecule has 1 unspecified atom stereocenters. The summed E-state index contributed by atoms with van der Waals surface area (Å²) in [5, 5.41) is 12.1. The maximum absolute atomic E-state index is 12.2. The number of nitrogens with one attached hydrogen (secondary N) is 1. The van der Waals surface area contributed by atoms with E-state index in [2.05, 4.69) is 27.0 Å². The van der Waals surface area contributed by atoms with Gasteiger partial charge in [0.2, 0.25) is 5.91 Å². The summed E-state index contributed by atoms with van der Waals surface area (Å²) in [5.74, 6) is 1.88. The fourth-order valence-corrected chi connectivity index (χ4v) is 3.63. The van der Waals surface area contributed by atoms with Crippen molar-refractivity contribution in [3.63, 3.8) is 0 Å². The van der Waals surface area contributed by atoms with Gasteiger partial charge in [-0.05, 0) is 37.1 Å². The molecule has 1 fully saturated rings. The van der Waals surface area contributed by atoms with Crippen molar-refractivity contribution in [2.24, 2.45) is 0 Å². The summed E-state index contributed by atoms with van der Waals surface area (Å²) in [6.45, 7) is 3.63. The molecule has 0 aliphatic carbocycles. The van der Waals surface area contributed by atoms with Crippen molar-refractivity contribution in [2.75, 3.05) is 24.8 Å². The van der Waals surface area contributed by atoms with Gasteiger partial charge in [0, 0.05) is 18.7 Å². The smallest absolute Gasteiger partial charge is 0.234 e. The van der Waals surface area contributed by atoms with Crippen LogP contribution in [0.25, 0.3) is 0 Å². The van der Waals surface area contributed by atoms with Gasteiger partial charge in [-0.1, -0.05) is 18.7 Å². The van der Waals surface area contributed by atoms with Crippen molar-refractivity contribution in [1.82, 2.24) is 14.8 Å². The molecule has 0 radical (unpaired) electrons. The van der Waals surface area contributed by atoms with Gasteiger partial charge in [-0.15, -0.1) is 10.2 Å². The number of rotatable bonds is 8. The standard InChI is InChI=1S/C18H24N4O3S/c1-3-16-20-21-18(22(16)11-15-5-4-10-25-15)26-12-17(23)19-13-6-8-14(24-2)9-7-13/h6-9,15H,3-5,10-12H2,1-2H3,(H,19,23). The van der Waals surface area contributed by atoms with Crippen molar-refractivity contribution in [2.45, 2.75) is 44.0 Å². The number of carbonyl (C=O) groups is 1. The fourth-order valence-electron chi connectivity index (χ4n) is 2.86. The van der Waals surface area contributed by atoms with E-state index in [0.29, 0.717) is 0 Å². The molecule has 2 heterocycles. The first-order valence-electron chi connectivity index (χ1n) is 8.80. The van der Waals surface area contributed by atoms with E-state index < -0.39 is 0 Å². The van der Waals surface area contributed by atoms with Crippen LogP contribution in [0.15, 0.2) is 29.4 Å². The third-order valence-corrected chi connectivity index (χ3v) is 5.19. The number of aromatic nitrogens is 3. The minimum absolute atomic E-state index is 0.0788. The van der Waals surface area contributed by atoms with E-state index >= 15 is 0 Å². The van der Waals surface area contributed by atoms with Gasteiger partial charge in [0.15, 0.2) is 5.16 Å². The summed E-state index contributed by atoms with van der Waals surface area (Å²) in [6, 6.07) is 7.26. The number of thioether (sulfide) groups is 1. The summed E-state index contributed by atoms with van der Waals surface area (Å²) < 4.78 is 12.9.